The zero-order chi connectivity index (χ0) is 12.2. The normalized spacial score (nSPS) is 13.6. The summed E-state index contributed by atoms with van der Waals surface area (Å²) >= 11 is 0. The number of ether oxygens (including phenoxy) is 2. The summed E-state index contributed by atoms with van der Waals surface area (Å²) in [5.74, 6) is -0.321. The van der Waals surface area contributed by atoms with Crippen LogP contribution in [-0.2, 0) is 4.74 Å². The van der Waals surface area contributed by atoms with Gasteiger partial charge in [0.15, 0.2) is 0 Å². The van der Waals surface area contributed by atoms with Crippen molar-refractivity contribution in [3.05, 3.63) is 35.6 Å². The Bertz CT molecular complexity index is 341. The summed E-state index contributed by atoms with van der Waals surface area (Å²) in [6, 6.07) is 4.62. The fourth-order valence-electron chi connectivity index (χ4n) is 1.19. The van der Waals surface area contributed by atoms with E-state index in [-0.39, 0.29) is 12.4 Å². The molecular weight excluding hydrogens is 223 g/mol. The third-order valence-corrected chi connectivity index (χ3v) is 1.83. The molecule has 0 unspecified atom stereocenters. The lowest BCUT2D eigenvalue weighted by molar-refractivity contribution is -0.274. The number of hydrogen-bond acceptors (Lipinski definition) is 2. The average molecular weight is 234 g/mol. The van der Waals surface area contributed by atoms with E-state index in [1.807, 2.05) is 0 Å². The Kier molecular flexibility index (Phi) is 4.14. The maximum Gasteiger partial charge on any atom is 0.573 e. The smallest absolute Gasteiger partial charge is 0.573 e. The first kappa shape index (κ1) is 12.8. The van der Waals surface area contributed by atoms with E-state index < -0.39 is 12.4 Å². The van der Waals surface area contributed by atoms with Crippen molar-refractivity contribution >= 4 is 0 Å². The van der Waals surface area contributed by atoms with Crippen LogP contribution in [0.4, 0.5) is 13.2 Å². The molecule has 0 aliphatic carbocycles. The van der Waals surface area contributed by atoms with Gasteiger partial charge >= 0.3 is 6.36 Å². The van der Waals surface area contributed by atoms with E-state index in [1.54, 1.807) is 6.07 Å². The zero-order valence-corrected chi connectivity index (χ0v) is 8.54. The molecule has 3 nitrogen and oxygen atoms in total. The van der Waals surface area contributed by atoms with Gasteiger partial charge in [0, 0.05) is 13.7 Å². The summed E-state index contributed by atoms with van der Waals surface area (Å²) in [7, 11) is 1.43. The van der Waals surface area contributed by atoms with Crippen LogP contribution >= 0.6 is 0 Å². The minimum atomic E-state index is -4.71. The van der Waals surface area contributed by atoms with Crippen LogP contribution in [0.2, 0.25) is 0 Å². The van der Waals surface area contributed by atoms with Crippen molar-refractivity contribution in [2.24, 2.45) is 0 Å². The molecule has 1 aromatic rings. The van der Waals surface area contributed by atoms with Crippen molar-refractivity contribution < 1.29 is 22.6 Å². The van der Waals surface area contributed by atoms with Gasteiger partial charge in [-0.3, -0.25) is 0 Å². The highest BCUT2D eigenvalue weighted by Gasteiger charge is 2.31. The van der Waals surface area contributed by atoms with Crippen LogP contribution in [0.1, 0.15) is 11.6 Å². The Balaban J connectivity index is 2.78. The van der Waals surface area contributed by atoms with E-state index in [1.165, 1.54) is 25.3 Å². The Hall–Kier alpha value is -1.27. The number of benzene rings is 1. The van der Waals surface area contributed by atoms with Crippen LogP contribution in [0.25, 0.3) is 5.73 Å². The van der Waals surface area contributed by atoms with E-state index in [0.717, 1.165) is 0 Å². The monoisotopic (exact) mass is 234 g/mol. The Morgan fingerprint density at radius 2 is 2.06 bits per heavy atom. The topological polar surface area (TPSA) is 42.3 Å². The van der Waals surface area contributed by atoms with Crippen molar-refractivity contribution in [2.45, 2.75) is 12.4 Å². The summed E-state index contributed by atoms with van der Waals surface area (Å²) in [6.07, 6.45) is -4.71. The van der Waals surface area contributed by atoms with Crippen LogP contribution < -0.4 is 4.74 Å². The predicted molar refractivity (Wildman–Crippen MR) is 52.1 cm³/mol. The molecule has 16 heavy (non-hydrogen) atoms. The van der Waals surface area contributed by atoms with Gasteiger partial charge in [-0.15, -0.1) is 13.2 Å². The molecule has 1 N–H and O–H groups in total. The second kappa shape index (κ2) is 5.18. The van der Waals surface area contributed by atoms with E-state index in [4.69, 9.17) is 10.5 Å². The molecule has 6 heteroatoms. The molecule has 0 radical (unpaired) electrons. The molecule has 1 rings (SSSR count). The molecule has 0 saturated heterocycles. The van der Waals surface area contributed by atoms with Gasteiger partial charge in [0.2, 0.25) is 0 Å². The fourth-order valence-corrected chi connectivity index (χ4v) is 1.19. The summed E-state index contributed by atoms with van der Waals surface area (Å²) in [4.78, 5) is 0. The van der Waals surface area contributed by atoms with E-state index >= 15 is 0 Å². The van der Waals surface area contributed by atoms with Gasteiger partial charge < -0.3 is 15.2 Å². The molecule has 0 saturated carbocycles. The van der Waals surface area contributed by atoms with Gasteiger partial charge in [-0.2, -0.15) is 0 Å². The highest BCUT2D eigenvalue weighted by atomic mass is 19.4. The molecule has 1 aromatic carbocycles. The van der Waals surface area contributed by atoms with Gasteiger partial charge in [-0.1, -0.05) is 23.7 Å². The van der Waals surface area contributed by atoms with Crippen molar-refractivity contribution in [1.82, 2.24) is 0 Å². The largest absolute Gasteiger partial charge is 0.669 e. The Morgan fingerprint density at radius 1 is 1.38 bits per heavy atom. The quantitative estimate of drug-likeness (QED) is 0.801. The van der Waals surface area contributed by atoms with Crippen LogP contribution in [0, 0.1) is 0 Å². The SMILES string of the molecule is COC[C@H]([NH-])c1cccc(OC(F)(F)F)c1. The summed E-state index contributed by atoms with van der Waals surface area (Å²) in [5, 5.41) is 0. The number of nitrogens with one attached hydrogen (secondary N) is 1. The molecule has 0 fully saturated rings. The minimum absolute atomic E-state index is 0.121. The molecular formula is C10H11F3NO2-. The third kappa shape index (κ3) is 4.08. The lowest BCUT2D eigenvalue weighted by Crippen LogP contribution is -2.17. The summed E-state index contributed by atoms with van der Waals surface area (Å²) in [5.41, 5.74) is 8.00. The van der Waals surface area contributed by atoms with Crippen molar-refractivity contribution in [3.8, 4) is 5.75 Å². The second-order valence-electron chi connectivity index (χ2n) is 3.13. The van der Waals surface area contributed by atoms with Gasteiger partial charge in [0.25, 0.3) is 0 Å². The number of alkyl halides is 3. The molecule has 0 aromatic heterocycles. The van der Waals surface area contributed by atoms with E-state index in [0.29, 0.717) is 5.56 Å². The fraction of sp³-hybridized carbons (Fsp3) is 0.400. The van der Waals surface area contributed by atoms with Crippen LogP contribution in [0.3, 0.4) is 0 Å². The molecule has 90 valence electrons. The van der Waals surface area contributed by atoms with Gasteiger partial charge in [0.1, 0.15) is 5.75 Å². The Morgan fingerprint density at radius 3 is 2.62 bits per heavy atom. The first-order chi connectivity index (χ1) is 7.42. The molecule has 1 atom stereocenters. The van der Waals surface area contributed by atoms with Gasteiger partial charge in [-0.05, 0) is 12.1 Å². The molecule has 0 aliphatic rings. The maximum atomic E-state index is 11.9. The Labute approximate surface area is 91.0 Å². The zero-order valence-electron chi connectivity index (χ0n) is 8.54. The highest BCUT2D eigenvalue weighted by molar-refractivity contribution is 5.31. The van der Waals surface area contributed by atoms with Gasteiger partial charge in [0.05, 0.1) is 0 Å². The van der Waals surface area contributed by atoms with Crippen LogP contribution in [-0.4, -0.2) is 20.1 Å². The van der Waals surface area contributed by atoms with Crippen molar-refractivity contribution in [3.63, 3.8) is 0 Å². The lowest BCUT2D eigenvalue weighted by Gasteiger charge is -2.20. The lowest BCUT2D eigenvalue weighted by atomic mass is 10.1. The first-order valence-corrected chi connectivity index (χ1v) is 4.48. The number of halogens is 3. The average Bonchev–Trinajstić information content (AvgIpc) is 2.16. The predicted octanol–water partition coefficient (Wildman–Crippen LogP) is 3.32. The number of methoxy groups -OCH3 is 1. The molecule has 0 amide bonds. The molecule has 0 heterocycles. The van der Waals surface area contributed by atoms with E-state index in [9.17, 15) is 13.2 Å². The van der Waals surface area contributed by atoms with Crippen molar-refractivity contribution in [1.29, 1.82) is 0 Å². The van der Waals surface area contributed by atoms with Crippen LogP contribution in [0.5, 0.6) is 5.75 Å². The van der Waals surface area contributed by atoms with Gasteiger partial charge in [-0.25, -0.2) is 0 Å². The molecule has 0 spiro atoms. The highest BCUT2D eigenvalue weighted by Crippen LogP contribution is 2.26. The van der Waals surface area contributed by atoms with Crippen LogP contribution in [0.15, 0.2) is 24.3 Å². The first-order valence-electron chi connectivity index (χ1n) is 4.48. The standard InChI is InChI=1S/C10H11F3NO2/c1-15-6-9(14)7-3-2-4-8(5-7)16-10(11,12)13/h2-5,9,14H,6H2,1H3/q-1/t9-/m0/s1. The van der Waals surface area contributed by atoms with Crippen molar-refractivity contribution in [2.75, 3.05) is 13.7 Å². The second-order valence-corrected chi connectivity index (χ2v) is 3.13. The summed E-state index contributed by atoms with van der Waals surface area (Å²) < 4.78 is 44.3. The maximum absolute atomic E-state index is 11.9. The molecule has 0 bridgehead atoms. The number of rotatable bonds is 4. The third-order valence-electron chi connectivity index (χ3n) is 1.83. The number of hydrogen-bond donors (Lipinski definition) is 0. The minimum Gasteiger partial charge on any atom is -0.669 e. The summed E-state index contributed by atoms with van der Waals surface area (Å²) in [6.45, 7) is 0.121. The molecule has 0 aliphatic heterocycles. The van der Waals surface area contributed by atoms with E-state index in [2.05, 4.69) is 4.74 Å².